The van der Waals surface area contributed by atoms with Gasteiger partial charge >= 0.3 is 0 Å². The molecule has 28 heavy (non-hydrogen) atoms. The normalized spacial score (nSPS) is 15.8. The van der Waals surface area contributed by atoms with E-state index < -0.39 is 0 Å². The number of carbonyl (C=O) groups is 1. The zero-order chi connectivity index (χ0) is 18.5. The van der Waals surface area contributed by atoms with Crippen LogP contribution in [0.3, 0.4) is 0 Å². The smallest absolute Gasteiger partial charge is 0.237 e. The summed E-state index contributed by atoms with van der Waals surface area (Å²) in [7, 11) is 0. The predicted molar refractivity (Wildman–Crippen MR) is 113 cm³/mol. The van der Waals surface area contributed by atoms with Crippen LogP contribution in [0.15, 0.2) is 66.9 Å². The molecule has 1 aliphatic rings. The number of halogens is 1. The van der Waals surface area contributed by atoms with Gasteiger partial charge in [-0.1, -0.05) is 60.7 Å². The second-order valence-corrected chi connectivity index (χ2v) is 6.92. The van der Waals surface area contributed by atoms with Gasteiger partial charge in [0.1, 0.15) is 0 Å². The third kappa shape index (κ3) is 4.80. The fourth-order valence-electron chi connectivity index (χ4n) is 3.50. The zero-order valence-corrected chi connectivity index (χ0v) is 16.5. The number of amides is 1. The van der Waals surface area contributed by atoms with Gasteiger partial charge in [-0.2, -0.15) is 5.10 Å². The molecule has 3 aromatic rings. The number of aromatic nitrogens is 2. The van der Waals surface area contributed by atoms with Crippen molar-refractivity contribution in [3.05, 3.63) is 78.0 Å². The van der Waals surface area contributed by atoms with Crippen molar-refractivity contribution in [2.75, 3.05) is 6.54 Å². The molecule has 6 heteroatoms. The molecule has 0 aliphatic carbocycles. The molecule has 2 aromatic carbocycles. The second kappa shape index (κ2) is 9.53. The highest BCUT2D eigenvalue weighted by molar-refractivity contribution is 5.85. The Labute approximate surface area is 171 Å². The number of hydrogen-bond acceptors (Lipinski definition) is 3. The molecule has 1 aliphatic heterocycles. The van der Waals surface area contributed by atoms with Crippen molar-refractivity contribution in [1.29, 1.82) is 0 Å². The van der Waals surface area contributed by atoms with Gasteiger partial charge in [-0.25, -0.2) is 0 Å². The minimum atomic E-state index is -0.0652. The molecule has 0 radical (unpaired) electrons. The maximum absolute atomic E-state index is 12.4. The van der Waals surface area contributed by atoms with Gasteiger partial charge in [0.2, 0.25) is 5.91 Å². The summed E-state index contributed by atoms with van der Waals surface area (Å²) in [5.74, 6) is 0.0716. The molecule has 1 unspecified atom stereocenters. The van der Waals surface area contributed by atoms with Crippen molar-refractivity contribution in [1.82, 2.24) is 20.4 Å². The van der Waals surface area contributed by atoms with E-state index in [9.17, 15) is 4.79 Å². The van der Waals surface area contributed by atoms with Gasteiger partial charge in [0.25, 0.3) is 0 Å². The Morgan fingerprint density at radius 3 is 2.50 bits per heavy atom. The molecule has 1 amide bonds. The van der Waals surface area contributed by atoms with Gasteiger partial charge in [-0.05, 0) is 24.9 Å². The molecule has 1 saturated heterocycles. The molecule has 4 rings (SSSR count). The molecular formula is C22H25ClN4O. The molecule has 0 bridgehead atoms. The molecule has 5 nitrogen and oxygen atoms in total. The molecule has 2 N–H and O–H groups in total. The van der Waals surface area contributed by atoms with Crippen molar-refractivity contribution in [3.8, 4) is 11.3 Å². The molecule has 0 spiro atoms. The summed E-state index contributed by atoms with van der Waals surface area (Å²) >= 11 is 0. The van der Waals surface area contributed by atoms with Crippen LogP contribution in [0.4, 0.5) is 0 Å². The number of hydrogen-bond donors (Lipinski definition) is 2. The lowest BCUT2D eigenvalue weighted by atomic mass is 10.1. The minimum Gasteiger partial charge on any atom is -0.351 e. The van der Waals surface area contributed by atoms with Gasteiger partial charge < -0.3 is 10.6 Å². The number of carbonyl (C=O) groups excluding carboxylic acids is 1. The average Bonchev–Trinajstić information content (AvgIpc) is 3.38. The summed E-state index contributed by atoms with van der Waals surface area (Å²) in [4.78, 5) is 12.4. The van der Waals surface area contributed by atoms with E-state index in [2.05, 4.69) is 34.9 Å². The SMILES string of the molecule is Cl.O=C(NCc1cn(Cc2ccccc2)nc1-c1ccccc1)C1CCCN1. The van der Waals surface area contributed by atoms with Crippen LogP contribution < -0.4 is 10.6 Å². The molecule has 146 valence electrons. The average molecular weight is 397 g/mol. The lowest BCUT2D eigenvalue weighted by Crippen LogP contribution is -2.40. The van der Waals surface area contributed by atoms with Crippen molar-refractivity contribution >= 4 is 18.3 Å². The van der Waals surface area contributed by atoms with Crippen LogP contribution in [0.2, 0.25) is 0 Å². The number of rotatable bonds is 6. The Hall–Kier alpha value is -2.63. The highest BCUT2D eigenvalue weighted by Crippen LogP contribution is 2.22. The summed E-state index contributed by atoms with van der Waals surface area (Å²) < 4.78 is 1.95. The maximum Gasteiger partial charge on any atom is 0.237 e. The zero-order valence-electron chi connectivity index (χ0n) is 15.7. The van der Waals surface area contributed by atoms with E-state index in [1.807, 2.05) is 47.3 Å². The summed E-state index contributed by atoms with van der Waals surface area (Å²) in [6.07, 6.45) is 4.00. The first kappa shape index (κ1) is 20.1. The molecule has 2 heterocycles. The molecular weight excluding hydrogens is 372 g/mol. The van der Waals surface area contributed by atoms with Crippen molar-refractivity contribution in [2.24, 2.45) is 0 Å². The van der Waals surface area contributed by atoms with Crippen LogP contribution >= 0.6 is 12.4 Å². The Kier molecular flexibility index (Phi) is 6.85. The third-order valence-corrected chi connectivity index (χ3v) is 4.90. The molecule has 1 fully saturated rings. The largest absolute Gasteiger partial charge is 0.351 e. The number of nitrogens with zero attached hydrogens (tertiary/aromatic N) is 2. The second-order valence-electron chi connectivity index (χ2n) is 6.92. The van der Waals surface area contributed by atoms with Crippen LogP contribution in [-0.2, 0) is 17.9 Å². The molecule has 0 saturated carbocycles. The van der Waals surface area contributed by atoms with E-state index in [1.54, 1.807) is 0 Å². The lowest BCUT2D eigenvalue weighted by molar-refractivity contribution is -0.122. The standard InChI is InChI=1S/C22H24N4O.ClH/c27-22(20-12-7-13-23-20)24-14-19-16-26(15-17-8-3-1-4-9-17)25-21(19)18-10-5-2-6-11-18;/h1-6,8-11,16,20,23H,7,12-15H2,(H,24,27);1H. The van der Waals surface area contributed by atoms with Crippen LogP contribution in [0, 0.1) is 0 Å². The van der Waals surface area contributed by atoms with Crippen molar-refractivity contribution in [2.45, 2.75) is 32.0 Å². The van der Waals surface area contributed by atoms with Gasteiger partial charge in [-0.15, -0.1) is 12.4 Å². The Morgan fingerprint density at radius 2 is 1.82 bits per heavy atom. The van der Waals surface area contributed by atoms with E-state index in [4.69, 9.17) is 5.10 Å². The first-order chi connectivity index (χ1) is 13.3. The monoisotopic (exact) mass is 396 g/mol. The van der Waals surface area contributed by atoms with Crippen molar-refractivity contribution < 1.29 is 4.79 Å². The third-order valence-electron chi connectivity index (χ3n) is 4.90. The topological polar surface area (TPSA) is 59.0 Å². The van der Waals surface area contributed by atoms with Gasteiger partial charge in [0.15, 0.2) is 0 Å². The fraction of sp³-hybridized carbons (Fsp3) is 0.273. The van der Waals surface area contributed by atoms with Crippen LogP contribution in [0.5, 0.6) is 0 Å². The highest BCUT2D eigenvalue weighted by Gasteiger charge is 2.22. The summed E-state index contributed by atoms with van der Waals surface area (Å²) in [5.41, 5.74) is 4.22. The number of nitrogens with one attached hydrogen (secondary N) is 2. The quantitative estimate of drug-likeness (QED) is 0.671. The Balaban J connectivity index is 0.00000225. The van der Waals surface area contributed by atoms with E-state index in [1.165, 1.54) is 5.56 Å². The predicted octanol–water partition coefficient (Wildman–Crippen LogP) is 3.39. The minimum absolute atomic E-state index is 0. The lowest BCUT2D eigenvalue weighted by Gasteiger charge is -2.11. The Morgan fingerprint density at radius 1 is 1.11 bits per heavy atom. The van der Waals surface area contributed by atoms with Gasteiger partial charge in [0.05, 0.1) is 18.3 Å². The van der Waals surface area contributed by atoms with Crippen LogP contribution in [0.25, 0.3) is 11.3 Å². The van der Waals surface area contributed by atoms with Gasteiger partial charge in [-0.3, -0.25) is 9.48 Å². The van der Waals surface area contributed by atoms with Crippen LogP contribution in [-0.4, -0.2) is 28.3 Å². The first-order valence-electron chi connectivity index (χ1n) is 9.46. The van der Waals surface area contributed by atoms with Crippen molar-refractivity contribution in [3.63, 3.8) is 0 Å². The first-order valence-corrected chi connectivity index (χ1v) is 9.46. The summed E-state index contributed by atoms with van der Waals surface area (Å²) in [6, 6.07) is 20.3. The number of benzene rings is 2. The van der Waals surface area contributed by atoms with E-state index in [0.717, 1.165) is 36.2 Å². The maximum atomic E-state index is 12.4. The van der Waals surface area contributed by atoms with E-state index in [0.29, 0.717) is 13.1 Å². The van der Waals surface area contributed by atoms with E-state index in [-0.39, 0.29) is 24.4 Å². The Bertz CT molecular complexity index is 889. The summed E-state index contributed by atoms with van der Waals surface area (Å²) in [5, 5.41) is 11.1. The summed E-state index contributed by atoms with van der Waals surface area (Å²) in [6.45, 7) is 2.11. The van der Waals surface area contributed by atoms with Gasteiger partial charge in [0, 0.05) is 23.9 Å². The fourth-order valence-corrected chi connectivity index (χ4v) is 3.50. The van der Waals surface area contributed by atoms with E-state index >= 15 is 0 Å². The van der Waals surface area contributed by atoms with Crippen LogP contribution in [0.1, 0.15) is 24.0 Å². The molecule has 1 atom stereocenters. The molecule has 1 aromatic heterocycles. The highest BCUT2D eigenvalue weighted by atomic mass is 35.5.